The Morgan fingerprint density at radius 1 is 1.31 bits per heavy atom. The lowest BCUT2D eigenvalue weighted by molar-refractivity contribution is 1.71. The molecule has 0 bridgehead atoms. The van der Waals surface area contributed by atoms with Crippen molar-refractivity contribution in [3.8, 4) is 0 Å². The van der Waals surface area contributed by atoms with E-state index in [4.69, 9.17) is 45.9 Å². The Morgan fingerprint density at radius 3 is 2.38 bits per heavy atom. The van der Waals surface area contributed by atoms with E-state index in [-0.39, 0.29) is 0 Å². The van der Waals surface area contributed by atoms with Crippen LogP contribution in [0.15, 0.2) is 18.2 Å². The Kier molecular flexibility index (Phi) is 3.96. The van der Waals surface area contributed by atoms with Crippen molar-refractivity contribution in [2.75, 3.05) is 5.50 Å². The Morgan fingerprint density at radius 2 is 1.92 bits per heavy atom. The largest absolute Gasteiger partial charge is 0.199 e. The average Bonchev–Trinajstić information content (AvgIpc) is 2.03. The Bertz CT molecular complexity index is 311. The minimum atomic E-state index is -2.07. The van der Waals surface area contributed by atoms with Gasteiger partial charge in [-0.2, -0.15) is 11.1 Å². The molecule has 0 nitrogen and oxygen atoms in total. The predicted molar refractivity (Wildman–Crippen MR) is 64.3 cm³/mol. The van der Waals surface area contributed by atoms with Crippen molar-refractivity contribution in [1.29, 1.82) is 0 Å². The van der Waals surface area contributed by atoms with Crippen LogP contribution in [0.5, 0.6) is 0 Å². The van der Waals surface area contributed by atoms with Gasteiger partial charge in [-0.1, -0.05) is 35.8 Å². The van der Waals surface area contributed by atoms with Crippen LogP contribution in [-0.4, -0.2) is 12.9 Å². The van der Waals surface area contributed by atoms with Crippen molar-refractivity contribution in [1.82, 2.24) is 0 Å². The molecule has 1 aromatic carbocycles. The minimum Gasteiger partial charge on any atom is -0.160 e. The van der Waals surface area contributed by atoms with Crippen LogP contribution < -0.4 is 5.19 Å². The quantitative estimate of drug-likeness (QED) is 0.437. The van der Waals surface area contributed by atoms with E-state index >= 15 is 0 Å². The molecule has 1 unspecified atom stereocenters. The molecule has 1 aromatic rings. The highest BCUT2D eigenvalue weighted by molar-refractivity contribution is 7.29. The fraction of sp³-hybridized carbons (Fsp3) is 0.250. The number of alkyl halides is 1. The van der Waals surface area contributed by atoms with Crippen molar-refractivity contribution < 1.29 is 0 Å². The second kappa shape index (κ2) is 4.41. The molecule has 5 heteroatoms. The molecule has 1 atom stereocenters. The zero-order valence-corrected chi connectivity index (χ0v) is 11.0. The van der Waals surface area contributed by atoms with Crippen LogP contribution >= 0.6 is 45.9 Å². The first kappa shape index (κ1) is 11.7. The first-order valence-electron chi connectivity index (χ1n) is 3.68. The molecule has 1 rings (SSSR count). The first-order valence-corrected chi connectivity index (χ1v) is 8.69. The normalized spacial score (nSPS) is 15.5. The summed E-state index contributed by atoms with van der Waals surface area (Å²) in [5.74, 6) is 0. The van der Waals surface area contributed by atoms with E-state index in [9.17, 15) is 0 Å². The van der Waals surface area contributed by atoms with Gasteiger partial charge >= 0.3 is 0 Å². The van der Waals surface area contributed by atoms with Crippen LogP contribution in [0, 0.1) is 0 Å². The second-order valence-corrected chi connectivity index (χ2v) is 10.3. The van der Waals surface area contributed by atoms with Gasteiger partial charge in [-0.15, -0.1) is 11.6 Å². The van der Waals surface area contributed by atoms with Crippen molar-refractivity contribution in [2.24, 2.45) is 0 Å². The zero-order chi connectivity index (χ0) is 10.1. The maximum Gasteiger partial charge on any atom is 0.199 e. The summed E-state index contributed by atoms with van der Waals surface area (Å²) in [6, 6.07) is 5.33. The summed E-state index contributed by atoms with van der Waals surface area (Å²) < 4.78 is 0. The van der Waals surface area contributed by atoms with E-state index in [0.717, 1.165) is 5.19 Å². The predicted octanol–water partition coefficient (Wildman–Crippen LogP) is 3.79. The van der Waals surface area contributed by atoms with Crippen LogP contribution in [0.3, 0.4) is 0 Å². The number of rotatable bonds is 2. The standard InChI is InChI=1S/C8H8Cl4Si/c1-13(12,5-9)8-3-2-6(10)4-7(8)11/h2-4H,5H2,1H3. The van der Waals surface area contributed by atoms with Gasteiger partial charge in [0.25, 0.3) is 0 Å². The number of halogens is 4. The third kappa shape index (κ3) is 2.77. The van der Waals surface area contributed by atoms with Gasteiger partial charge in [0.1, 0.15) is 0 Å². The van der Waals surface area contributed by atoms with Crippen LogP contribution in [0.2, 0.25) is 16.6 Å². The van der Waals surface area contributed by atoms with Crippen molar-refractivity contribution in [3.05, 3.63) is 28.2 Å². The molecular weight excluding hydrogens is 266 g/mol. The van der Waals surface area contributed by atoms with E-state index in [1.165, 1.54) is 0 Å². The fourth-order valence-electron chi connectivity index (χ4n) is 0.984. The molecule has 0 amide bonds. The Hall–Kier alpha value is 0.597. The third-order valence-electron chi connectivity index (χ3n) is 1.74. The summed E-state index contributed by atoms with van der Waals surface area (Å²) in [4.78, 5) is 0. The third-order valence-corrected chi connectivity index (χ3v) is 7.54. The van der Waals surface area contributed by atoms with E-state index < -0.39 is 7.38 Å². The summed E-state index contributed by atoms with van der Waals surface area (Å²) in [6.45, 7) is 1.96. The monoisotopic (exact) mass is 272 g/mol. The van der Waals surface area contributed by atoms with Crippen LogP contribution in [0.25, 0.3) is 0 Å². The van der Waals surface area contributed by atoms with E-state index in [1.54, 1.807) is 12.1 Å². The summed E-state index contributed by atoms with van der Waals surface area (Å²) in [7, 11) is -2.07. The van der Waals surface area contributed by atoms with Gasteiger partial charge in [0.05, 0.1) is 0 Å². The molecule has 13 heavy (non-hydrogen) atoms. The highest BCUT2D eigenvalue weighted by Crippen LogP contribution is 2.20. The highest BCUT2D eigenvalue weighted by Gasteiger charge is 2.28. The summed E-state index contributed by atoms with van der Waals surface area (Å²) in [5.41, 5.74) is 0.440. The van der Waals surface area contributed by atoms with Gasteiger partial charge in [-0.05, 0) is 17.3 Å². The highest BCUT2D eigenvalue weighted by atomic mass is 35.6. The molecule has 0 aliphatic heterocycles. The SMILES string of the molecule is C[Si](Cl)(CCl)c1ccc(Cl)cc1Cl. The van der Waals surface area contributed by atoms with E-state index in [0.29, 0.717) is 15.5 Å². The smallest absolute Gasteiger partial charge is 0.160 e. The second-order valence-electron chi connectivity index (χ2n) is 2.96. The average molecular weight is 274 g/mol. The zero-order valence-electron chi connectivity index (χ0n) is 6.95. The molecule has 0 N–H and O–H groups in total. The van der Waals surface area contributed by atoms with E-state index in [2.05, 4.69) is 0 Å². The fourth-order valence-corrected chi connectivity index (χ4v) is 4.23. The number of benzene rings is 1. The molecular formula is C8H8Cl4Si. The molecule has 0 fully saturated rings. The lowest BCUT2D eigenvalue weighted by Gasteiger charge is -2.17. The molecule has 0 spiro atoms. The molecule has 72 valence electrons. The van der Waals surface area contributed by atoms with Crippen LogP contribution in [0.1, 0.15) is 0 Å². The minimum absolute atomic E-state index is 0.440. The van der Waals surface area contributed by atoms with Crippen LogP contribution in [-0.2, 0) is 0 Å². The first-order chi connectivity index (χ1) is 5.97. The van der Waals surface area contributed by atoms with Gasteiger partial charge in [0.2, 0.25) is 0 Å². The van der Waals surface area contributed by atoms with Crippen molar-refractivity contribution in [2.45, 2.75) is 6.55 Å². The van der Waals surface area contributed by atoms with Crippen molar-refractivity contribution >= 4 is 58.5 Å². The Balaban J connectivity index is 3.16. The summed E-state index contributed by atoms with van der Waals surface area (Å²) >= 11 is 23.8. The van der Waals surface area contributed by atoms with E-state index in [1.807, 2.05) is 12.6 Å². The lowest BCUT2D eigenvalue weighted by Crippen LogP contribution is -2.42. The molecule has 0 heterocycles. The molecule has 0 saturated carbocycles. The molecule has 0 aliphatic carbocycles. The van der Waals surface area contributed by atoms with Crippen molar-refractivity contribution in [3.63, 3.8) is 0 Å². The van der Waals surface area contributed by atoms with Gasteiger partial charge in [-0.25, -0.2) is 0 Å². The number of hydrogen-bond acceptors (Lipinski definition) is 0. The van der Waals surface area contributed by atoms with Gasteiger partial charge < -0.3 is 0 Å². The maximum atomic E-state index is 6.28. The Labute approximate surface area is 98.5 Å². The summed E-state index contributed by atoms with van der Waals surface area (Å²) in [6.07, 6.45) is 0. The topological polar surface area (TPSA) is 0 Å². The molecule has 0 saturated heterocycles. The van der Waals surface area contributed by atoms with Crippen LogP contribution in [0.4, 0.5) is 0 Å². The van der Waals surface area contributed by atoms with Gasteiger partial charge in [0, 0.05) is 15.5 Å². The number of hydrogen-bond donors (Lipinski definition) is 0. The molecule has 0 aliphatic rings. The maximum absolute atomic E-state index is 6.28. The summed E-state index contributed by atoms with van der Waals surface area (Å²) in [5, 5.41) is 2.16. The van der Waals surface area contributed by atoms with Gasteiger partial charge in [0.15, 0.2) is 7.38 Å². The molecule has 0 aromatic heterocycles. The van der Waals surface area contributed by atoms with Gasteiger partial charge in [-0.3, -0.25) is 0 Å². The lowest BCUT2D eigenvalue weighted by atomic mass is 10.4. The molecule has 0 radical (unpaired) electrons.